The van der Waals surface area contributed by atoms with Crippen LogP contribution in [-0.4, -0.2) is 79.6 Å². The van der Waals surface area contributed by atoms with Crippen LogP contribution in [0.3, 0.4) is 0 Å². The standard InChI is InChI=1S/C14H25N3O6S/c1-14(2,15-24(4,22)23)13(21)16(3)9-11(18)17-7-5-6-10(8-17)12(19)20/h10,15H,5-9H2,1-4H3,(H,19,20). The number of carboxylic acids is 1. The molecule has 0 radical (unpaired) electrons. The van der Waals surface area contributed by atoms with Gasteiger partial charge in [-0.15, -0.1) is 0 Å². The fourth-order valence-electron chi connectivity index (χ4n) is 2.76. The number of carbonyl (C=O) groups is 3. The molecule has 0 bridgehead atoms. The Hall–Kier alpha value is -1.68. The van der Waals surface area contributed by atoms with E-state index in [1.54, 1.807) is 0 Å². The molecule has 0 spiro atoms. The molecule has 2 N–H and O–H groups in total. The third-order valence-corrected chi connectivity index (χ3v) is 4.70. The van der Waals surface area contributed by atoms with E-state index in [0.717, 1.165) is 11.2 Å². The Bertz CT molecular complexity index is 616. The molecule has 0 aliphatic carbocycles. The molecule has 0 aromatic rings. The van der Waals surface area contributed by atoms with E-state index in [-0.39, 0.29) is 19.0 Å². The van der Waals surface area contributed by atoms with E-state index < -0.39 is 33.4 Å². The van der Waals surface area contributed by atoms with Gasteiger partial charge in [0.05, 0.1) is 18.7 Å². The summed E-state index contributed by atoms with van der Waals surface area (Å²) in [4.78, 5) is 38.3. The highest BCUT2D eigenvalue weighted by Gasteiger charge is 2.35. The minimum Gasteiger partial charge on any atom is -0.481 e. The van der Waals surface area contributed by atoms with Gasteiger partial charge in [0.15, 0.2) is 0 Å². The zero-order valence-corrected chi connectivity index (χ0v) is 15.2. The summed E-state index contributed by atoms with van der Waals surface area (Å²) in [5.41, 5.74) is -1.38. The van der Waals surface area contributed by atoms with Crippen LogP contribution in [0.4, 0.5) is 0 Å². The van der Waals surface area contributed by atoms with E-state index in [9.17, 15) is 22.8 Å². The molecule has 1 rings (SSSR count). The number of aliphatic carboxylic acids is 1. The SMILES string of the molecule is CN(CC(=O)N1CCCC(C(=O)O)C1)C(=O)C(C)(C)NS(C)(=O)=O. The van der Waals surface area contributed by atoms with Crippen LogP contribution in [0.1, 0.15) is 26.7 Å². The van der Waals surface area contributed by atoms with Crippen LogP contribution in [0.2, 0.25) is 0 Å². The molecule has 1 saturated heterocycles. The molecule has 9 nitrogen and oxygen atoms in total. The van der Waals surface area contributed by atoms with Crippen molar-refractivity contribution in [3.8, 4) is 0 Å². The summed E-state index contributed by atoms with van der Waals surface area (Å²) >= 11 is 0. The molecule has 24 heavy (non-hydrogen) atoms. The molecule has 0 saturated carbocycles. The molecule has 0 aromatic carbocycles. The Morgan fingerprint density at radius 1 is 1.33 bits per heavy atom. The van der Waals surface area contributed by atoms with Crippen molar-refractivity contribution in [1.82, 2.24) is 14.5 Å². The van der Waals surface area contributed by atoms with E-state index in [2.05, 4.69) is 4.72 Å². The topological polar surface area (TPSA) is 124 Å². The van der Waals surface area contributed by atoms with Gasteiger partial charge in [-0.1, -0.05) is 0 Å². The molecule has 1 unspecified atom stereocenters. The van der Waals surface area contributed by atoms with Gasteiger partial charge in [0.1, 0.15) is 5.54 Å². The number of likely N-dealkylation sites (N-methyl/N-ethyl adjacent to an activating group) is 1. The van der Waals surface area contributed by atoms with Crippen LogP contribution in [0.15, 0.2) is 0 Å². The van der Waals surface area contributed by atoms with Gasteiger partial charge in [-0.3, -0.25) is 14.4 Å². The maximum Gasteiger partial charge on any atom is 0.308 e. The number of nitrogens with zero attached hydrogens (tertiary/aromatic N) is 2. The molecule has 138 valence electrons. The maximum atomic E-state index is 12.4. The lowest BCUT2D eigenvalue weighted by Gasteiger charge is -2.33. The summed E-state index contributed by atoms with van der Waals surface area (Å²) in [5, 5.41) is 9.06. The highest BCUT2D eigenvalue weighted by atomic mass is 32.2. The smallest absolute Gasteiger partial charge is 0.308 e. The van der Waals surface area contributed by atoms with Crippen LogP contribution < -0.4 is 4.72 Å². The molecule has 10 heteroatoms. The van der Waals surface area contributed by atoms with Crippen LogP contribution in [-0.2, 0) is 24.4 Å². The summed E-state index contributed by atoms with van der Waals surface area (Å²) in [7, 11) is -2.18. The molecule has 1 aliphatic rings. The molecule has 1 fully saturated rings. The maximum absolute atomic E-state index is 12.4. The highest BCUT2D eigenvalue weighted by Crippen LogP contribution is 2.17. The minimum atomic E-state index is -3.58. The van der Waals surface area contributed by atoms with Gasteiger partial charge in [-0.2, -0.15) is 0 Å². The van der Waals surface area contributed by atoms with Crippen LogP contribution in [0.5, 0.6) is 0 Å². The third-order valence-electron chi connectivity index (χ3n) is 3.82. The fraction of sp³-hybridized carbons (Fsp3) is 0.786. The lowest BCUT2D eigenvalue weighted by molar-refractivity contribution is -0.148. The first-order valence-electron chi connectivity index (χ1n) is 7.58. The number of piperidine rings is 1. The molecule has 1 heterocycles. The number of likely N-dealkylation sites (tertiary alicyclic amines) is 1. The Morgan fingerprint density at radius 2 is 1.92 bits per heavy atom. The van der Waals surface area contributed by atoms with Crippen molar-refractivity contribution in [2.45, 2.75) is 32.2 Å². The van der Waals surface area contributed by atoms with Crippen molar-refractivity contribution in [3.63, 3.8) is 0 Å². The van der Waals surface area contributed by atoms with Gasteiger partial charge < -0.3 is 14.9 Å². The summed E-state index contributed by atoms with van der Waals surface area (Å²) in [6, 6.07) is 0. The third kappa shape index (κ3) is 5.75. The van der Waals surface area contributed by atoms with Crippen molar-refractivity contribution < 1.29 is 27.9 Å². The second-order valence-electron chi connectivity index (χ2n) is 6.68. The zero-order valence-electron chi connectivity index (χ0n) is 14.4. The fourth-order valence-corrected chi connectivity index (χ4v) is 3.78. The highest BCUT2D eigenvalue weighted by molar-refractivity contribution is 7.88. The van der Waals surface area contributed by atoms with Gasteiger partial charge in [-0.05, 0) is 26.7 Å². The first-order valence-corrected chi connectivity index (χ1v) is 9.47. The molecular weight excluding hydrogens is 338 g/mol. The quantitative estimate of drug-likeness (QED) is 0.630. The second-order valence-corrected chi connectivity index (χ2v) is 8.43. The number of nitrogens with one attached hydrogen (secondary N) is 1. The van der Waals surface area contributed by atoms with Crippen LogP contribution in [0, 0.1) is 5.92 Å². The molecular formula is C14H25N3O6S. The van der Waals surface area contributed by atoms with E-state index in [4.69, 9.17) is 5.11 Å². The monoisotopic (exact) mass is 363 g/mol. The number of hydrogen-bond acceptors (Lipinski definition) is 5. The average molecular weight is 363 g/mol. The van der Waals surface area contributed by atoms with Crippen molar-refractivity contribution in [3.05, 3.63) is 0 Å². The van der Waals surface area contributed by atoms with Crippen LogP contribution in [0.25, 0.3) is 0 Å². The molecule has 1 aliphatic heterocycles. The van der Waals surface area contributed by atoms with E-state index in [0.29, 0.717) is 19.4 Å². The Labute approximate surface area is 142 Å². The van der Waals surface area contributed by atoms with Gasteiger partial charge >= 0.3 is 5.97 Å². The summed E-state index contributed by atoms with van der Waals surface area (Å²) < 4.78 is 24.9. The number of carbonyl (C=O) groups excluding carboxylic acids is 2. The molecule has 1 atom stereocenters. The minimum absolute atomic E-state index is 0.126. The van der Waals surface area contributed by atoms with Gasteiger partial charge in [0.2, 0.25) is 21.8 Å². The summed E-state index contributed by atoms with van der Waals surface area (Å²) in [6.45, 7) is 3.17. The van der Waals surface area contributed by atoms with E-state index in [1.807, 2.05) is 0 Å². The lowest BCUT2D eigenvalue weighted by atomic mass is 9.98. The molecule has 0 aromatic heterocycles. The predicted molar refractivity (Wildman–Crippen MR) is 86.6 cm³/mol. The van der Waals surface area contributed by atoms with Crippen molar-refractivity contribution in [2.75, 3.05) is 32.9 Å². The first kappa shape index (κ1) is 20.4. The largest absolute Gasteiger partial charge is 0.481 e. The van der Waals surface area contributed by atoms with Gasteiger partial charge in [0, 0.05) is 20.1 Å². The number of carboxylic acid groups (broad SMARTS) is 1. The number of sulfonamides is 1. The van der Waals surface area contributed by atoms with Crippen molar-refractivity contribution in [2.24, 2.45) is 5.92 Å². The molecule has 2 amide bonds. The Morgan fingerprint density at radius 3 is 2.42 bits per heavy atom. The zero-order chi connectivity index (χ0) is 18.7. The normalized spacial score (nSPS) is 19.0. The second kappa shape index (κ2) is 7.47. The van der Waals surface area contributed by atoms with E-state index in [1.165, 1.54) is 25.8 Å². The Balaban J connectivity index is 2.69. The summed E-state index contributed by atoms with van der Waals surface area (Å²) in [5.74, 6) is -2.43. The Kier molecular flexibility index (Phi) is 6.34. The average Bonchev–Trinajstić information content (AvgIpc) is 2.43. The van der Waals surface area contributed by atoms with Gasteiger partial charge in [0.25, 0.3) is 0 Å². The lowest BCUT2D eigenvalue weighted by Crippen LogP contribution is -2.56. The number of rotatable bonds is 6. The van der Waals surface area contributed by atoms with E-state index >= 15 is 0 Å². The number of amides is 2. The van der Waals surface area contributed by atoms with Crippen LogP contribution >= 0.6 is 0 Å². The van der Waals surface area contributed by atoms with Crippen molar-refractivity contribution >= 4 is 27.8 Å². The predicted octanol–water partition coefficient (Wildman–Crippen LogP) is -0.904. The number of hydrogen-bond donors (Lipinski definition) is 2. The summed E-state index contributed by atoms with van der Waals surface area (Å²) in [6.07, 6.45) is 2.08. The van der Waals surface area contributed by atoms with Crippen molar-refractivity contribution in [1.29, 1.82) is 0 Å². The first-order chi connectivity index (χ1) is 10.8. The van der Waals surface area contributed by atoms with Gasteiger partial charge in [-0.25, -0.2) is 13.1 Å².